The number of nitrogen functional groups attached to an aromatic ring is 1. The van der Waals surface area contributed by atoms with E-state index in [0.29, 0.717) is 6.54 Å². The van der Waals surface area contributed by atoms with Gasteiger partial charge in [-0.2, -0.15) is 10.1 Å². The zero-order valence-corrected chi connectivity index (χ0v) is 14.4. The zero-order valence-electron chi connectivity index (χ0n) is 12.8. The van der Waals surface area contributed by atoms with Gasteiger partial charge in [-0.05, 0) is 25.0 Å². The Bertz CT molecular complexity index is 936. The van der Waals surface area contributed by atoms with Gasteiger partial charge in [0, 0.05) is 23.4 Å². The molecule has 0 fully saturated rings. The topological polar surface area (TPSA) is 82.5 Å². The van der Waals surface area contributed by atoms with Crippen molar-refractivity contribution in [2.75, 3.05) is 11.5 Å². The highest BCUT2D eigenvalue weighted by Crippen LogP contribution is 2.34. The van der Waals surface area contributed by atoms with Crippen molar-refractivity contribution in [3.8, 4) is 0 Å². The van der Waals surface area contributed by atoms with Crippen LogP contribution in [0.3, 0.4) is 0 Å². The Kier molecular flexibility index (Phi) is 3.42. The number of anilines is 1. The number of aromatic nitrogens is 5. The molecule has 0 amide bonds. The van der Waals surface area contributed by atoms with Gasteiger partial charge in [-0.25, -0.2) is 9.67 Å². The number of nitrogens with two attached hydrogens (primary N) is 1. The average Bonchev–Trinajstić information content (AvgIpc) is 2.87. The van der Waals surface area contributed by atoms with E-state index in [0.717, 1.165) is 55.8 Å². The zero-order chi connectivity index (χ0) is 16.1. The number of aryl methyl sites for hydroxylation is 2. The quantitative estimate of drug-likeness (QED) is 0.718. The van der Waals surface area contributed by atoms with E-state index in [1.807, 2.05) is 18.5 Å². The van der Waals surface area contributed by atoms with Crippen molar-refractivity contribution in [2.24, 2.45) is 0 Å². The summed E-state index contributed by atoms with van der Waals surface area (Å²) in [5.41, 5.74) is 10.5. The molecule has 0 bridgehead atoms. The summed E-state index contributed by atoms with van der Waals surface area (Å²) in [6.07, 6.45) is 2.70. The molecule has 0 saturated heterocycles. The van der Waals surface area contributed by atoms with Crippen molar-refractivity contribution in [3.63, 3.8) is 0 Å². The summed E-state index contributed by atoms with van der Waals surface area (Å²) < 4.78 is 1.86. The molecule has 0 radical (unpaired) electrons. The number of nitrogens with zero attached hydrogens (tertiary/aromatic N) is 5. The molecular formula is C15H15ClN6S. The first-order chi connectivity index (χ1) is 11.0. The van der Waals surface area contributed by atoms with Crippen LogP contribution in [0.2, 0.25) is 5.02 Å². The second-order valence-electron chi connectivity index (χ2n) is 5.62. The SMILES string of the molecule is Cc1cnc(Cn2nc3c4c(nc(N)nc42)SCC3)c(C)c1Cl. The number of hydrogen-bond donors (Lipinski definition) is 1. The van der Waals surface area contributed by atoms with Crippen LogP contribution in [0.25, 0.3) is 11.0 Å². The van der Waals surface area contributed by atoms with Crippen LogP contribution in [0.15, 0.2) is 11.2 Å². The van der Waals surface area contributed by atoms with Crippen LogP contribution in [-0.4, -0.2) is 30.5 Å². The molecule has 6 nitrogen and oxygen atoms in total. The number of halogens is 1. The first kappa shape index (κ1) is 14.7. The Balaban J connectivity index is 1.86. The summed E-state index contributed by atoms with van der Waals surface area (Å²) in [5, 5.41) is 7.41. The standard InChI is InChI=1S/C15H15ClN6S/c1-7-5-18-10(8(2)12(7)16)6-22-13-11-9(21-22)3-4-23-14(11)20-15(17)19-13/h5H,3-4,6H2,1-2H3,(H2,17,19,20). The molecule has 8 heteroatoms. The van der Waals surface area contributed by atoms with E-state index >= 15 is 0 Å². The first-order valence-corrected chi connectivity index (χ1v) is 8.67. The Labute approximate surface area is 142 Å². The minimum atomic E-state index is 0.279. The van der Waals surface area contributed by atoms with Gasteiger partial charge in [0.25, 0.3) is 0 Å². The van der Waals surface area contributed by atoms with E-state index < -0.39 is 0 Å². The molecular weight excluding hydrogens is 332 g/mol. The fraction of sp³-hybridized carbons (Fsp3) is 0.333. The lowest BCUT2D eigenvalue weighted by Crippen LogP contribution is -2.08. The largest absolute Gasteiger partial charge is 0.368 e. The van der Waals surface area contributed by atoms with Crippen molar-refractivity contribution < 1.29 is 0 Å². The van der Waals surface area contributed by atoms with E-state index in [2.05, 4.69) is 15.0 Å². The molecule has 0 saturated carbocycles. The van der Waals surface area contributed by atoms with E-state index in [4.69, 9.17) is 22.4 Å². The van der Waals surface area contributed by atoms with Crippen molar-refractivity contribution in [2.45, 2.75) is 31.8 Å². The van der Waals surface area contributed by atoms with Crippen LogP contribution in [0.4, 0.5) is 5.95 Å². The highest BCUT2D eigenvalue weighted by molar-refractivity contribution is 7.99. The van der Waals surface area contributed by atoms with E-state index in [1.54, 1.807) is 18.0 Å². The van der Waals surface area contributed by atoms with Gasteiger partial charge in [-0.1, -0.05) is 11.6 Å². The predicted octanol–water partition coefficient (Wildman–Crippen LogP) is 2.77. The van der Waals surface area contributed by atoms with Crippen molar-refractivity contribution >= 4 is 40.3 Å². The normalized spacial score (nSPS) is 13.7. The molecule has 1 aliphatic rings. The number of pyridine rings is 1. The Morgan fingerprint density at radius 3 is 3.00 bits per heavy atom. The minimum Gasteiger partial charge on any atom is -0.368 e. The molecule has 3 aromatic heterocycles. The summed E-state index contributed by atoms with van der Waals surface area (Å²) in [4.78, 5) is 13.2. The maximum Gasteiger partial charge on any atom is 0.223 e. The van der Waals surface area contributed by atoms with Gasteiger partial charge in [0.1, 0.15) is 5.03 Å². The molecule has 0 aliphatic carbocycles. The summed E-state index contributed by atoms with van der Waals surface area (Å²) in [6.45, 7) is 4.45. The second-order valence-corrected chi connectivity index (χ2v) is 7.08. The van der Waals surface area contributed by atoms with E-state index in [9.17, 15) is 0 Å². The lowest BCUT2D eigenvalue weighted by molar-refractivity contribution is 0.672. The molecule has 0 aromatic carbocycles. The first-order valence-electron chi connectivity index (χ1n) is 7.31. The van der Waals surface area contributed by atoms with Gasteiger partial charge >= 0.3 is 0 Å². The van der Waals surface area contributed by atoms with Crippen LogP contribution < -0.4 is 5.73 Å². The van der Waals surface area contributed by atoms with Gasteiger partial charge in [0.05, 0.1) is 23.3 Å². The lowest BCUT2D eigenvalue weighted by Gasteiger charge is -2.10. The van der Waals surface area contributed by atoms with Gasteiger partial charge in [0.15, 0.2) is 5.65 Å². The van der Waals surface area contributed by atoms with Crippen molar-refractivity contribution in [1.82, 2.24) is 24.7 Å². The maximum atomic E-state index is 6.34. The highest BCUT2D eigenvalue weighted by atomic mass is 35.5. The Morgan fingerprint density at radius 1 is 1.35 bits per heavy atom. The average molecular weight is 347 g/mol. The van der Waals surface area contributed by atoms with Crippen LogP contribution in [0.1, 0.15) is 22.5 Å². The van der Waals surface area contributed by atoms with Gasteiger partial charge in [0.2, 0.25) is 5.95 Å². The minimum absolute atomic E-state index is 0.279. The van der Waals surface area contributed by atoms with Crippen LogP contribution >= 0.6 is 23.4 Å². The maximum absolute atomic E-state index is 6.34. The molecule has 4 heterocycles. The molecule has 4 rings (SSSR count). The molecule has 2 N–H and O–H groups in total. The summed E-state index contributed by atoms with van der Waals surface area (Å²) in [7, 11) is 0. The fourth-order valence-corrected chi connectivity index (χ4v) is 3.97. The third kappa shape index (κ3) is 2.35. The monoisotopic (exact) mass is 346 g/mol. The molecule has 0 spiro atoms. The molecule has 0 atom stereocenters. The number of hydrogen-bond acceptors (Lipinski definition) is 6. The van der Waals surface area contributed by atoms with E-state index in [-0.39, 0.29) is 5.95 Å². The molecule has 3 aromatic rings. The van der Waals surface area contributed by atoms with Crippen LogP contribution in [0, 0.1) is 13.8 Å². The van der Waals surface area contributed by atoms with Gasteiger partial charge in [-0.3, -0.25) is 4.98 Å². The number of rotatable bonds is 2. The molecule has 1 aliphatic heterocycles. The summed E-state index contributed by atoms with van der Waals surface area (Å²) >= 11 is 8.04. The lowest BCUT2D eigenvalue weighted by atomic mass is 10.1. The Morgan fingerprint density at radius 2 is 2.17 bits per heavy atom. The Hall–Kier alpha value is -1.86. The van der Waals surface area contributed by atoms with Gasteiger partial charge in [-0.15, -0.1) is 11.8 Å². The van der Waals surface area contributed by atoms with Crippen molar-refractivity contribution in [3.05, 3.63) is 33.7 Å². The van der Waals surface area contributed by atoms with Crippen LogP contribution in [-0.2, 0) is 13.0 Å². The smallest absolute Gasteiger partial charge is 0.223 e. The molecule has 0 unspecified atom stereocenters. The third-order valence-corrected chi connectivity index (χ3v) is 5.61. The molecule has 118 valence electrons. The predicted molar refractivity (Wildman–Crippen MR) is 92.0 cm³/mol. The third-order valence-electron chi connectivity index (χ3n) is 4.05. The van der Waals surface area contributed by atoms with Crippen LogP contribution in [0.5, 0.6) is 0 Å². The summed E-state index contributed by atoms with van der Waals surface area (Å²) in [6, 6.07) is 0. The van der Waals surface area contributed by atoms with Crippen molar-refractivity contribution in [1.29, 1.82) is 0 Å². The highest BCUT2D eigenvalue weighted by Gasteiger charge is 2.22. The number of thioether (sulfide) groups is 1. The second kappa shape index (κ2) is 5.35. The molecule has 23 heavy (non-hydrogen) atoms. The van der Waals surface area contributed by atoms with Gasteiger partial charge < -0.3 is 5.73 Å². The van der Waals surface area contributed by atoms with E-state index in [1.165, 1.54) is 0 Å². The summed E-state index contributed by atoms with van der Waals surface area (Å²) in [5.74, 6) is 1.24. The fourth-order valence-electron chi connectivity index (χ4n) is 2.81.